The van der Waals surface area contributed by atoms with Crippen LogP contribution in [0.4, 0.5) is 5.95 Å². The van der Waals surface area contributed by atoms with E-state index in [0.717, 1.165) is 6.21 Å². The lowest BCUT2D eigenvalue weighted by Gasteiger charge is -1.99. The second kappa shape index (κ2) is 4.03. The molecule has 0 spiro atoms. The molecule has 0 saturated heterocycles. The molecule has 0 aliphatic carbocycles. The van der Waals surface area contributed by atoms with E-state index in [1.807, 2.05) is 0 Å². The summed E-state index contributed by atoms with van der Waals surface area (Å²) in [5.41, 5.74) is 0. The number of aromatic nitrogens is 2. The van der Waals surface area contributed by atoms with Crippen LogP contribution < -0.4 is 0 Å². The Kier molecular flexibility index (Phi) is 3.26. The van der Waals surface area contributed by atoms with Gasteiger partial charge in [-0.2, -0.15) is 0 Å². The van der Waals surface area contributed by atoms with Gasteiger partial charge in [0.1, 0.15) is 0 Å². The van der Waals surface area contributed by atoms with Gasteiger partial charge in [0.15, 0.2) is 0 Å². The van der Waals surface area contributed by atoms with Crippen molar-refractivity contribution in [3.63, 3.8) is 0 Å². The van der Waals surface area contributed by atoms with Crippen molar-refractivity contribution in [1.29, 1.82) is 0 Å². The number of alkyl halides is 3. The van der Waals surface area contributed by atoms with Crippen LogP contribution in [-0.2, 0) is 0 Å². The molecule has 0 fully saturated rings. The standard InChI is InChI=1S/C6H4Cl3N3/c7-6(8,9)4-12-5-10-2-1-3-11-5/h1-4H/b12-4+. The van der Waals surface area contributed by atoms with Crippen LogP contribution in [0.2, 0.25) is 0 Å². The van der Waals surface area contributed by atoms with Crippen LogP contribution in [0, 0.1) is 0 Å². The number of aliphatic imine (C=N–C) groups is 1. The summed E-state index contributed by atoms with van der Waals surface area (Å²) in [6.45, 7) is 0. The maximum absolute atomic E-state index is 5.41. The van der Waals surface area contributed by atoms with E-state index in [0.29, 0.717) is 0 Å². The van der Waals surface area contributed by atoms with Gasteiger partial charge >= 0.3 is 0 Å². The molecule has 1 aromatic heterocycles. The first-order chi connectivity index (χ1) is 5.58. The minimum absolute atomic E-state index is 0.267. The second-order valence-electron chi connectivity index (χ2n) is 1.85. The quantitative estimate of drug-likeness (QED) is 0.543. The van der Waals surface area contributed by atoms with E-state index in [9.17, 15) is 0 Å². The highest BCUT2D eigenvalue weighted by molar-refractivity contribution is 6.74. The summed E-state index contributed by atoms with van der Waals surface area (Å²) in [5.74, 6) is 0.267. The van der Waals surface area contributed by atoms with Gasteiger partial charge in [0.05, 0.1) is 6.21 Å². The molecule has 0 aromatic carbocycles. The van der Waals surface area contributed by atoms with Crippen molar-refractivity contribution in [2.75, 3.05) is 0 Å². The van der Waals surface area contributed by atoms with E-state index in [1.54, 1.807) is 18.5 Å². The van der Waals surface area contributed by atoms with Crippen molar-refractivity contribution < 1.29 is 0 Å². The van der Waals surface area contributed by atoms with E-state index >= 15 is 0 Å². The van der Waals surface area contributed by atoms with Gasteiger partial charge in [0, 0.05) is 12.4 Å². The third-order valence-electron chi connectivity index (χ3n) is 0.879. The Hall–Kier alpha value is -0.380. The van der Waals surface area contributed by atoms with Crippen molar-refractivity contribution in [1.82, 2.24) is 9.97 Å². The van der Waals surface area contributed by atoms with E-state index in [1.165, 1.54) is 0 Å². The Morgan fingerprint density at radius 1 is 1.25 bits per heavy atom. The van der Waals surface area contributed by atoms with E-state index in [4.69, 9.17) is 34.8 Å². The van der Waals surface area contributed by atoms with Gasteiger partial charge in [0.25, 0.3) is 0 Å². The van der Waals surface area contributed by atoms with Gasteiger partial charge in [-0.05, 0) is 6.07 Å². The predicted molar refractivity (Wildman–Crippen MR) is 50.5 cm³/mol. The van der Waals surface area contributed by atoms with Crippen molar-refractivity contribution in [3.8, 4) is 0 Å². The van der Waals surface area contributed by atoms with Crippen molar-refractivity contribution in [2.45, 2.75) is 3.79 Å². The first kappa shape index (κ1) is 9.71. The van der Waals surface area contributed by atoms with E-state index in [2.05, 4.69) is 15.0 Å². The molecule has 0 atom stereocenters. The number of hydrogen-bond acceptors (Lipinski definition) is 3. The normalized spacial score (nSPS) is 12.2. The average molecular weight is 224 g/mol. The Labute approximate surface area is 84.4 Å². The first-order valence-electron chi connectivity index (χ1n) is 2.97. The minimum Gasteiger partial charge on any atom is -0.220 e. The van der Waals surface area contributed by atoms with Gasteiger partial charge in [-0.1, -0.05) is 34.8 Å². The Morgan fingerprint density at radius 2 is 1.83 bits per heavy atom. The molecule has 0 unspecified atom stereocenters. The number of hydrogen-bond donors (Lipinski definition) is 0. The van der Waals surface area contributed by atoms with Gasteiger partial charge in [0.2, 0.25) is 9.74 Å². The predicted octanol–water partition coefficient (Wildman–Crippen LogP) is 2.55. The summed E-state index contributed by atoms with van der Waals surface area (Å²) in [6, 6.07) is 1.67. The highest BCUT2D eigenvalue weighted by Crippen LogP contribution is 2.23. The molecule has 0 saturated carbocycles. The van der Waals surface area contributed by atoms with Crippen LogP contribution in [0.25, 0.3) is 0 Å². The van der Waals surface area contributed by atoms with Gasteiger partial charge in [-0.3, -0.25) is 0 Å². The molecule has 0 bridgehead atoms. The summed E-state index contributed by atoms with van der Waals surface area (Å²) >= 11 is 16.2. The smallest absolute Gasteiger partial charge is 0.220 e. The molecule has 0 aliphatic heterocycles. The van der Waals surface area contributed by atoms with Crippen LogP contribution in [0.15, 0.2) is 23.5 Å². The Bertz CT molecular complexity index is 267. The van der Waals surface area contributed by atoms with Gasteiger partial charge < -0.3 is 0 Å². The van der Waals surface area contributed by atoms with Gasteiger partial charge in [-0.15, -0.1) is 0 Å². The SMILES string of the molecule is ClC(Cl)(Cl)/C=N/c1ncccn1. The molecule has 1 rings (SSSR count). The van der Waals surface area contributed by atoms with Crippen LogP contribution >= 0.6 is 34.8 Å². The Morgan fingerprint density at radius 3 is 2.33 bits per heavy atom. The molecule has 0 aliphatic rings. The zero-order chi connectivity index (χ0) is 9.03. The molecule has 6 heteroatoms. The lowest BCUT2D eigenvalue weighted by molar-refractivity contribution is 1.14. The molecule has 3 nitrogen and oxygen atoms in total. The highest BCUT2D eigenvalue weighted by Gasteiger charge is 2.15. The lowest BCUT2D eigenvalue weighted by Crippen LogP contribution is -2.02. The lowest BCUT2D eigenvalue weighted by atomic mass is 10.7. The van der Waals surface area contributed by atoms with Crippen LogP contribution in [0.3, 0.4) is 0 Å². The van der Waals surface area contributed by atoms with E-state index < -0.39 is 3.79 Å². The molecular formula is C6H4Cl3N3. The van der Waals surface area contributed by atoms with Gasteiger partial charge in [-0.25, -0.2) is 15.0 Å². The number of nitrogens with zero attached hydrogens (tertiary/aromatic N) is 3. The third-order valence-corrected chi connectivity index (χ3v) is 1.17. The van der Waals surface area contributed by atoms with Crippen molar-refractivity contribution >= 4 is 47.0 Å². The van der Waals surface area contributed by atoms with Crippen molar-refractivity contribution in [3.05, 3.63) is 18.5 Å². The number of rotatable bonds is 1. The zero-order valence-electron chi connectivity index (χ0n) is 5.78. The molecule has 1 aromatic rings. The molecule has 0 N–H and O–H groups in total. The summed E-state index contributed by atoms with van der Waals surface area (Å²) in [7, 11) is 0. The first-order valence-corrected chi connectivity index (χ1v) is 4.10. The monoisotopic (exact) mass is 223 g/mol. The van der Waals surface area contributed by atoms with Crippen LogP contribution in [0.1, 0.15) is 0 Å². The fourth-order valence-corrected chi connectivity index (χ4v) is 0.635. The molecule has 0 radical (unpaired) electrons. The number of halogens is 3. The topological polar surface area (TPSA) is 38.1 Å². The largest absolute Gasteiger partial charge is 0.249 e. The fourth-order valence-electron chi connectivity index (χ4n) is 0.489. The summed E-state index contributed by atoms with van der Waals surface area (Å²) in [4.78, 5) is 11.3. The molecule has 0 amide bonds. The highest BCUT2D eigenvalue weighted by atomic mass is 35.6. The van der Waals surface area contributed by atoms with Crippen LogP contribution in [0.5, 0.6) is 0 Å². The van der Waals surface area contributed by atoms with E-state index in [-0.39, 0.29) is 5.95 Å². The minimum atomic E-state index is -1.50. The average Bonchev–Trinajstić information content (AvgIpc) is 2.02. The second-order valence-corrected chi connectivity index (χ2v) is 4.22. The molecule has 64 valence electrons. The molecule has 1 heterocycles. The summed E-state index contributed by atoms with van der Waals surface area (Å²) in [6.07, 6.45) is 4.25. The Balaban J connectivity index is 2.71. The summed E-state index contributed by atoms with van der Waals surface area (Å²) in [5, 5.41) is 0. The molecular weight excluding hydrogens is 220 g/mol. The van der Waals surface area contributed by atoms with Crippen LogP contribution in [-0.4, -0.2) is 20.0 Å². The van der Waals surface area contributed by atoms with Crippen molar-refractivity contribution in [2.24, 2.45) is 4.99 Å². The maximum atomic E-state index is 5.41. The zero-order valence-corrected chi connectivity index (χ0v) is 8.05. The molecule has 12 heavy (non-hydrogen) atoms. The third kappa shape index (κ3) is 3.85. The maximum Gasteiger partial charge on any atom is 0.249 e. The summed E-state index contributed by atoms with van der Waals surface area (Å²) < 4.78 is -1.50. The fraction of sp³-hybridized carbons (Fsp3) is 0.167.